The highest BCUT2D eigenvalue weighted by Crippen LogP contribution is 2.25. The van der Waals surface area contributed by atoms with Crippen LogP contribution in [0.1, 0.15) is 11.1 Å². The number of hydrogen-bond donors (Lipinski definition) is 2. The minimum absolute atomic E-state index is 0.0124. The number of alkyl halides is 3. The molecule has 0 atom stereocenters. The quantitative estimate of drug-likeness (QED) is 0.617. The summed E-state index contributed by atoms with van der Waals surface area (Å²) in [5.74, 6) is -0.335. The summed E-state index contributed by atoms with van der Waals surface area (Å²) >= 11 is 0. The first-order chi connectivity index (χ1) is 11.4. The third-order valence-electron chi connectivity index (χ3n) is 3.05. The zero-order valence-electron chi connectivity index (χ0n) is 12.5. The minimum Gasteiger partial charge on any atom is -0.474 e. The molecule has 0 saturated heterocycles. The molecule has 0 spiro atoms. The van der Waals surface area contributed by atoms with Crippen LogP contribution in [0.15, 0.2) is 60.5 Å². The van der Waals surface area contributed by atoms with Crippen LogP contribution in [0.2, 0.25) is 0 Å². The standard InChI is InChI=1S/C17H15F3N2O2/c18-17(19,20)24-14-8-6-13(7-9-14)15(10-21)16(22)23-11-12-4-2-1-3-5-12/h1-10,21H,11,22H2. The number of nitrogens with two attached hydrogens (primary N) is 1. The molecule has 2 aromatic carbocycles. The van der Waals surface area contributed by atoms with Crippen LogP contribution in [0.5, 0.6) is 5.75 Å². The van der Waals surface area contributed by atoms with Crippen LogP contribution < -0.4 is 10.5 Å². The first kappa shape index (κ1) is 17.4. The molecule has 126 valence electrons. The van der Waals surface area contributed by atoms with E-state index in [-0.39, 0.29) is 23.8 Å². The van der Waals surface area contributed by atoms with Crippen molar-refractivity contribution in [3.8, 4) is 5.75 Å². The summed E-state index contributed by atoms with van der Waals surface area (Å²) in [6, 6.07) is 14.4. The topological polar surface area (TPSA) is 68.3 Å². The zero-order valence-corrected chi connectivity index (χ0v) is 12.5. The predicted molar refractivity (Wildman–Crippen MR) is 84.2 cm³/mol. The predicted octanol–water partition coefficient (Wildman–Crippen LogP) is 4.08. The number of nitrogens with one attached hydrogen (secondary N) is 1. The molecule has 0 bridgehead atoms. The van der Waals surface area contributed by atoms with Gasteiger partial charge in [-0.2, -0.15) is 0 Å². The number of hydrogen-bond acceptors (Lipinski definition) is 4. The second-order valence-corrected chi connectivity index (χ2v) is 4.77. The van der Waals surface area contributed by atoms with Gasteiger partial charge in [0.2, 0.25) is 0 Å². The van der Waals surface area contributed by atoms with Gasteiger partial charge in [-0.05, 0) is 23.3 Å². The molecule has 0 unspecified atom stereocenters. The molecular weight excluding hydrogens is 321 g/mol. The summed E-state index contributed by atoms with van der Waals surface area (Å²) in [7, 11) is 0. The largest absolute Gasteiger partial charge is 0.573 e. The van der Waals surface area contributed by atoms with Crippen molar-refractivity contribution in [3.05, 3.63) is 71.6 Å². The maximum atomic E-state index is 12.1. The molecule has 3 N–H and O–H groups in total. The van der Waals surface area contributed by atoms with Crippen molar-refractivity contribution in [3.63, 3.8) is 0 Å². The normalized spacial score (nSPS) is 12.3. The maximum absolute atomic E-state index is 12.1. The highest BCUT2D eigenvalue weighted by molar-refractivity contribution is 6.08. The van der Waals surface area contributed by atoms with Gasteiger partial charge in [0.1, 0.15) is 12.4 Å². The van der Waals surface area contributed by atoms with E-state index in [1.54, 1.807) is 0 Å². The van der Waals surface area contributed by atoms with E-state index in [1.165, 1.54) is 12.1 Å². The fourth-order valence-corrected chi connectivity index (χ4v) is 1.95. The molecule has 7 heteroatoms. The van der Waals surface area contributed by atoms with Crippen molar-refractivity contribution in [2.75, 3.05) is 0 Å². The third-order valence-corrected chi connectivity index (χ3v) is 3.05. The van der Waals surface area contributed by atoms with E-state index in [1.807, 2.05) is 30.3 Å². The molecule has 4 nitrogen and oxygen atoms in total. The average molecular weight is 336 g/mol. The number of halogens is 3. The Labute approximate surface area is 136 Å². The Bertz CT molecular complexity index is 711. The van der Waals surface area contributed by atoms with Gasteiger partial charge in [-0.15, -0.1) is 13.2 Å². The van der Waals surface area contributed by atoms with E-state index in [0.717, 1.165) is 23.9 Å². The first-order valence-corrected chi connectivity index (χ1v) is 6.92. The van der Waals surface area contributed by atoms with E-state index in [2.05, 4.69) is 4.74 Å². The smallest absolute Gasteiger partial charge is 0.474 e. The highest BCUT2D eigenvalue weighted by Gasteiger charge is 2.31. The lowest BCUT2D eigenvalue weighted by Gasteiger charge is -2.12. The van der Waals surface area contributed by atoms with E-state index in [4.69, 9.17) is 15.9 Å². The first-order valence-electron chi connectivity index (χ1n) is 6.92. The van der Waals surface area contributed by atoms with Crippen molar-refractivity contribution in [1.29, 1.82) is 5.41 Å². The maximum Gasteiger partial charge on any atom is 0.573 e. The van der Waals surface area contributed by atoms with Crippen LogP contribution >= 0.6 is 0 Å². The number of rotatable bonds is 6. The van der Waals surface area contributed by atoms with Gasteiger partial charge in [-0.25, -0.2) is 0 Å². The van der Waals surface area contributed by atoms with Crippen LogP contribution in [-0.4, -0.2) is 12.6 Å². The van der Waals surface area contributed by atoms with Crippen molar-refractivity contribution >= 4 is 11.8 Å². The third kappa shape index (κ3) is 5.05. The van der Waals surface area contributed by atoms with Crippen molar-refractivity contribution in [2.24, 2.45) is 5.73 Å². The Hall–Kier alpha value is -2.96. The summed E-state index contributed by atoms with van der Waals surface area (Å²) in [4.78, 5) is 0. The van der Waals surface area contributed by atoms with Gasteiger partial charge in [0, 0.05) is 6.21 Å². The number of ether oxygens (including phenoxy) is 2. The SMILES string of the molecule is N=CC(=C(N)OCc1ccccc1)c1ccc(OC(F)(F)F)cc1. The van der Waals surface area contributed by atoms with Crippen LogP contribution in [-0.2, 0) is 11.3 Å². The summed E-state index contributed by atoms with van der Waals surface area (Å²) in [5.41, 5.74) is 7.46. The molecule has 0 aliphatic heterocycles. The van der Waals surface area contributed by atoms with E-state index >= 15 is 0 Å². The Morgan fingerprint density at radius 3 is 2.21 bits per heavy atom. The van der Waals surface area contributed by atoms with Gasteiger partial charge in [-0.3, -0.25) is 0 Å². The summed E-state index contributed by atoms with van der Waals surface area (Å²) in [6.45, 7) is 0.222. The fraction of sp³-hybridized carbons (Fsp3) is 0.118. The molecule has 0 amide bonds. The summed E-state index contributed by atoms with van der Waals surface area (Å²) < 4.78 is 45.7. The van der Waals surface area contributed by atoms with Crippen LogP contribution in [0.4, 0.5) is 13.2 Å². The molecule has 0 radical (unpaired) electrons. The van der Waals surface area contributed by atoms with Gasteiger partial charge in [0.15, 0.2) is 5.88 Å². The Kier molecular flexibility index (Phi) is 5.47. The lowest BCUT2D eigenvalue weighted by atomic mass is 10.1. The van der Waals surface area contributed by atoms with Gasteiger partial charge in [-0.1, -0.05) is 42.5 Å². The van der Waals surface area contributed by atoms with Crippen LogP contribution in [0.25, 0.3) is 5.57 Å². The molecule has 0 aliphatic carbocycles. The van der Waals surface area contributed by atoms with E-state index in [0.29, 0.717) is 5.56 Å². The Morgan fingerprint density at radius 2 is 1.67 bits per heavy atom. The molecule has 0 aromatic heterocycles. The van der Waals surface area contributed by atoms with Crippen LogP contribution in [0.3, 0.4) is 0 Å². The van der Waals surface area contributed by atoms with Gasteiger partial charge >= 0.3 is 6.36 Å². The van der Waals surface area contributed by atoms with Gasteiger partial charge in [0.05, 0.1) is 5.57 Å². The Balaban J connectivity index is 2.12. The molecule has 0 fully saturated rings. The highest BCUT2D eigenvalue weighted by atomic mass is 19.4. The van der Waals surface area contributed by atoms with Gasteiger partial charge < -0.3 is 20.6 Å². The monoisotopic (exact) mass is 336 g/mol. The molecule has 0 saturated carbocycles. The van der Waals surface area contributed by atoms with Crippen LogP contribution in [0, 0.1) is 5.41 Å². The van der Waals surface area contributed by atoms with Gasteiger partial charge in [0.25, 0.3) is 0 Å². The molecular formula is C17H15F3N2O2. The van der Waals surface area contributed by atoms with E-state index < -0.39 is 6.36 Å². The second-order valence-electron chi connectivity index (χ2n) is 4.77. The lowest BCUT2D eigenvalue weighted by molar-refractivity contribution is -0.274. The summed E-state index contributed by atoms with van der Waals surface area (Å²) in [6.07, 6.45) is -3.76. The number of allylic oxidation sites excluding steroid dienone is 1. The zero-order chi connectivity index (χ0) is 17.6. The fourth-order valence-electron chi connectivity index (χ4n) is 1.95. The molecule has 0 heterocycles. The molecule has 24 heavy (non-hydrogen) atoms. The minimum atomic E-state index is -4.75. The molecule has 2 rings (SSSR count). The second kappa shape index (κ2) is 7.54. The lowest BCUT2D eigenvalue weighted by Crippen LogP contribution is -2.17. The Morgan fingerprint density at radius 1 is 1.04 bits per heavy atom. The van der Waals surface area contributed by atoms with Crippen molar-refractivity contribution in [2.45, 2.75) is 13.0 Å². The molecule has 0 aliphatic rings. The van der Waals surface area contributed by atoms with E-state index in [9.17, 15) is 13.2 Å². The summed E-state index contributed by atoms with van der Waals surface area (Å²) in [5, 5.41) is 7.45. The van der Waals surface area contributed by atoms with Crippen molar-refractivity contribution in [1.82, 2.24) is 0 Å². The number of benzene rings is 2. The molecule has 2 aromatic rings. The van der Waals surface area contributed by atoms with Crippen molar-refractivity contribution < 1.29 is 22.6 Å². The average Bonchev–Trinajstić information content (AvgIpc) is 2.55.